The lowest BCUT2D eigenvalue weighted by molar-refractivity contribution is 0.0915. The van der Waals surface area contributed by atoms with Crippen molar-refractivity contribution in [2.45, 2.75) is 32.4 Å². The molecule has 1 aliphatic heterocycles. The van der Waals surface area contributed by atoms with Crippen molar-refractivity contribution in [2.24, 2.45) is 10.9 Å². The van der Waals surface area contributed by atoms with E-state index in [9.17, 15) is 4.39 Å². The highest BCUT2D eigenvalue weighted by molar-refractivity contribution is 14.0. The van der Waals surface area contributed by atoms with Crippen molar-refractivity contribution >= 4 is 29.9 Å². The van der Waals surface area contributed by atoms with Gasteiger partial charge in [0, 0.05) is 26.1 Å². The van der Waals surface area contributed by atoms with Gasteiger partial charge in [0.05, 0.1) is 12.1 Å². The van der Waals surface area contributed by atoms with E-state index in [1.165, 1.54) is 5.56 Å². The number of nitrogens with one attached hydrogen (secondary N) is 2. The van der Waals surface area contributed by atoms with E-state index in [1.54, 1.807) is 26.1 Å². The molecule has 0 aliphatic carbocycles. The van der Waals surface area contributed by atoms with Crippen LogP contribution in [0.2, 0.25) is 0 Å². The van der Waals surface area contributed by atoms with E-state index < -0.39 is 0 Å². The maximum absolute atomic E-state index is 13.8. The van der Waals surface area contributed by atoms with Gasteiger partial charge in [0.15, 0.2) is 5.96 Å². The number of hydrogen-bond acceptors (Lipinski definition) is 2. The number of aryl methyl sites for hydroxylation is 1. The summed E-state index contributed by atoms with van der Waals surface area (Å²) in [5, 5.41) is 6.74. The zero-order valence-electron chi connectivity index (χ0n) is 16.6. The first kappa shape index (κ1) is 22.6. The lowest BCUT2D eigenvalue weighted by Crippen LogP contribution is -2.41. The Labute approximate surface area is 184 Å². The molecule has 1 heterocycles. The van der Waals surface area contributed by atoms with Crippen molar-refractivity contribution in [1.29, 1.82) is 0 Å². The summed E-state index contributed by atoms with van der Waals surface area (Å²) in [6, 6.07) is 15.6. The van der Waals surface area contributed by atoms with Crippen molar-refractivity contribution in [3.8, 4) is 0 Å². The lowest BCUT2D eigenvalue weighted by atomic mass is 9.95. The summed E-state index contributed by atoms with van der Waals surface area (Å²) >= 11 is 0. The number of benzene rings is 2. The summed E-state index contributed by atoms with van der Waals surface area (Å²) in [6.07, 6.45) is 1.13. The van der Waals surface area contributed by atoms with Crippen LogP contribution in [0.25, 0.3) is 0 Å². The first-order chi connectivity index (χ1) is 13.1. The second-order valence-corrected chi connectivity index (χ2v) is 7.08. The number of rotatable bonds is 5. The Morgan fingerprint density at radius 3 is 2.68 bits per heavy atom. The molecule has 2 N–H and O–H groups in total. The molecule has 0 spiro atoms. The average Bonchev–Trinajstić information content (AvgIpc) is 3.16. The van der Waals surface area contributed by atoms with Crippen LogP contribution in [0.4, 0.5) is 4.39 Å². The van der Waals surface area contributed by atoms with Crippen LogP contribution in [0.15, 0.2) is 53.5 Å². The van der Waals surface area contributed by atoms with E-state index in [2.05, 4.69) is 27.8 Å². The number of aliphatic imine (C=N–C) groups is 1. The Kier molecular flexibility index (Phi) is 8.69. The van der Waals surface area contributed by atoms with Crippen molar-refractivity contribution in [3.63, 3.8) is 0 Å². The SMILES string of the molecule is CN=C(NCC1CCOC1c1ccccc1)NC(C)c1ccc(C)c(F)c1.I. The molecule has 1 saturated heterocycles. The predicted octanol–water partition coefficient (Wildman–Crippen LogP) is 4.76. The van der Waals surface area contributed by atoms with Crippen molar-refractivity contribution in [1.82, 2.24) is 10.6 Å². The minimum absolute atomic E-state index is 0. The first-order valence-corrected chi connectivity index (χ1v) is 9.48. The van der Waals surface area contributed by atoms with Crippen LogP contribution in [-0.4, -0.2) is 26.2 Å². The molecule has 3 atom stereocenters. The molecule has 28 heavy (non-hydrogen) atoms. The van der Waals surface area contributed by atoms with Gasteiger partial charge in [0.1, 0.15) is 5.82 Å². The van der Waals surface area contributed by atoms with Gasteiger partial charge in [-0.15, -0.1) is 24.0 Å². The quantitative estimate of drug-likeness (QED) is 0.356. The van der Waals surface area contributed by atoms with E-state index in [4.69, 9.17) is 4.74 Å². The molecular formula is C22H29FIN3O. The standard InChI is InChI=1S/C22H28FN3O.HI/c1-15-9-10-18(13-20(15)23)16(2)26-22(24-3)25-14-19-11-12-27-21(19)17-7-5-4-6-8-17;/h4-10,13,16,19,21H,11-12,14H2,1-3H3,(H2,24,25,26);1H. The number of ether oxygens (including phenoxy) is 1. The molecule has 0 amide bonds. The van der Waals surface area contributed by atoms with Gasteiger partial charge >= 0.3 is 0 Å². The van der Waals surface area contributed by atoms with E-state index in [-0.39, 0.29) is 41.9 Å². The summed E-state index contributed by atoms with van der Waals surface area (Å²) < 4.78 is 19.8. The van der Waals surface area contributed by atoms with Crippen molar-refractivity contribution in [3.05, 3.63) is 71.0 Å². The van der Waals surface area contributed by atoms with Crippen LogP contribution in [0.3, 0.4) is 0 Å². The molecule has 0 aromatic heterocycles. The summed E-state index contributed by atoms with van der Waals surface area (Å²) in [5.74, 6) is 0.915. The van der Waals surface area contributed by atoms with E-state index >= 15 is 0 Å². The average molecular weight is 497 g/mol. The topological polar surface area (TPSA) is 45.7 Å². The van der Waals surface area contributed by atoms with Crippen LogP contribution < -0.4 is 10.6 Å². The highest BCUT2D eigenvalue weighted by atomic mass is 127. The summed E-state index contributed by atoms with van der Waals surface area (Å²) in [5.41, 5.74) is 2.77. The maximum atomic E-state index is 13.8. The fourth-order valence-corrected chi connectivity index (χ4v) is 3.44. The third-order valence-corrected chi connectivity index (χ3v) is 5.15. The zero-order valence-corrected chi connectivity index (χ0v) is 18.9. The molecule has 0 radical (unpaired) electrons. The van der Waals surface area contributed by atoms with Gasteiger partial charge in [-0.25, -0.2) is 4.39 Å². The second-order valence-electron chi connectivity index (χ2n) is 7.08. The monoisotopic (exact) mass is 497 g/mol. The third kappa shape index (κ3) is 5.67. The summed E-state index contributed by atoms with van der Waals surface area (Å²) in [6.45, 7) is 5.32. The van der Waals surface area contributed by atoms with Gasteiger partial charge in [-0.3, -0.25) is 4.99 Å². The largest absolute Gasteiger partial charge is 0.373 e. The third-order valence-electron chi connectivity index (χ3n) is 5.15. The van der Waals surface area contributed by atoms with Gasteiger partial charge < -0.3 is 15.4 Å². The van der Waals surface area contributed by atoms with Gasteiger partial charge in [0.2, 0.25) is 0 Å². The normalized spacial score (nSPS) is 20.4. The van der Waals surface area contributed by atoms with Crippen LogP contribution in [0.1, 0.15) is 42.2 Å². The first-order valence-electron chi connectivity index (χ1n) is 9.48. The second kappa shape index (κ2) is 10.8. The van der Waals surface area contributed by atoms with E-state index in [1.807, 2.05) is 31.2 Å². The fourth-order valence-electron chi connectivity index (χ4n) is 3.44. The van der Waals surface area contributed by atoms with Gasteiger partial charge in [-0.05, 0) is 43.0 Å². The molecule has 3 rings (SSSR count). The molecular weight excluding hydrogens is 468 g/mol. The molecule has 6 heteroatoms. The minimum Gasteiger partial charge on any atom is -0.373 e. The summed E-state index contributed by atoms with van der Waals surface area (Å²) in [7, 11) is 1.75. The molecule has 0 bridgehead atoms. The maximum Gasteiger partial charge on any atom is 0.191 e. The van der Waals surface area contributed by atoms with Crippen LogP contribution in [0.5, 0.6) is 0 Å². The number of halogens is 2. The number of hydrogen-bond donors (Lipinski definition) is 2. The molecule has 0 saturated carbocycles. The van der Waals surface area contributed by atoms with Crippen molar-refractivity contribution in [2.75, 3.05) is 20.2 Å². The zero-order chi connectivity index (χ0) is 19.2. The minimum atomic E-state index is -0.182. The lowest BCUT2D eigenvalue weighted by Gasteiger charge is -2.23. The van der Waals surface area contributed by atoms with Gasteiger partial charge in [-0.1, -0.05) is 42.5 Å². The van der Waals surface area contributed by atoms with Gasteiger partial charge in [0.25, 0.3) is 0 Å². The Morgan fingerprint density at radius 2 is 2.00 bits per heavy atom. The Hall–Kier alpha value is -1.67. The number of nitrogens with zero attached hydrogens (tertiary/aromatic N) is 1. The van der Waals surface area contributed by atoms with Crippen LogP contribution in [-0.2, 0) is 4.74 Å². The molecule has 2 aromatic carbocycles. The molecule has 152 valence electrons. The number of guanidine groups is 1. The highest BCUT2D eigenvalue weighted by Gasteiger charge is 2.29. The Morgan fingerprint density at radius 1 is 1.25 bits per heavy atom. The van der Waals surface area contributed by atoms with E-state index in [0.29, 0.717) is 17.4 Å². The van der Waals surface area contributed by atoms with Crippen molar-refractivity contribution < 1.29 is 9.13 Å². The molecule has 2 aromatic rings. The highest BCUT2D eigenvalue weighted by Crippen LogP contribution is 2.33. The summed E-state index contributed by atoms with van der Waals surface area (Å²) in [4.78, 5) is 4.31. The predicted molar refractivity (Wildman–Crippen MR) is 123 cm³/mol. The van der Waals surface area contributed by atoms with Crippen LogP contribution in [0, 0.1) is 18.7 Å². The van der Waals surface area contributed by atoms with Crippen LogP contribution >= 0.6 is 24.0 Å². The smallest absolute Gasteiger partial charge is 0.191 e. The fraction of sp³-hybridized carbons (Fsp3) is 0.409. The Bertz CT molecular complexity index is 785. The molecule has 1 fully saturated rings. The Balaban J connectivity index is 0.00000280. The molecule has 3 unspecified atom stereocenters. The molecule has 4 nitrogen and oxygen atoms in total. The van der Waals surface area contributed by atoms with E-state index in [0.717, 1.165) is 25.1 Å². The van der Waals surface area contributed by atoms with Gasteiger partial charge in [-0.2, -0.15) is 0 Å². The molecule has 1 aliphatic rings.